The molecule has 0 radical (unpaired) electrons. The van der Waals surface area contributed by atoms with Crippen molar-refractivity contribution >= 4 is 17.3 Å². The van der Waals surface area contributed by atoms with Crippen molar-refractivity contribution in [2.24, 2.45) is 0 Å². The summed E-state index contributed by atoms with van der Waals surface area (Å²) in [6.45, 7) is -1.30. The van der Waals surface area contributed by atoms with Crippen LogP contribution >= 0.6 is 11.6 Å². The number of ether oxygens (including phenoxy) is 1. The van der Waals surface area contributed by atoms with Gasteiger partial charge in [-0.1, -0.05) is 0 Å². The first-order valence-electron chi connectivity index (χ1n) is 5.57. The fraction of sp³-hybridized carbons (Fsp3) is 0.417. The molecule has 0 aliphatic rings. The Labute approximate surface area is 118 Å². The van der Waals surface area contributed by atoms with E-state index in [1.54, 1.807) is 6.07 Å². The van der Waals surface area contributed by atoms with Gasteiger partial charge in [-0.2, -0.15) is 18.4 Å². The van der Waals surface area contributed by atoms with Crippen molar-refractivity contribution in [2.45, 2.75) is 12.3 Å². The molecule has 0 heterocycles. The molecule has 0 saturated heterocycles. The van der Waals surface area contributed by atoms with Gasteiger partial charge in [-0.25, -0.2) is 0 Å². The Bertz CT molecular complexity index is 489. The lowest BCUT2D eigenvalue weighted by molar-refractivity contribution is -0.153. The van der Waals surface area contributed by atoms with Crippen LogP contribution in [0, 0.1) is 11.3 Å². The number of nitrogens with one attached hydrogen (secondary N) is 1. The fourth-order valence-electron chi connectivity index (χ4n) is 1.30. The number of aliphatic hydroxyl groups excluding tert-OH is 1. The molecule has 1 rings (SSSR count). The number of hydrogen-bond acceptors (Lipinski definition) is 4. The number of hydrogen-bond donors (Lipinski definition) is 2. The van der Waals surface area contributed by atoms with Crippen LogP contribution in [0.2, 0.25) is 0 Å². The van der Waals surface area contributed by atoms with Crippen molar-refractivity contribution in [1.29, 1.82) is 5.26 Å². The summed E-state index contributed by atoms with van der Waals surface area (Å²) in [4.78, 5) is 0. The van der Waals surface area contributed by atoms with E-state index < -0.39 is 18.9 Å². The summed E-state index contributed by atoms with van der Waals surface area (Å²) in [6, 6.07) is 5.81. The molecule has 8 heteroatoms. The highest BCUT2D eigenvalue weighted by Crippen LogP contribution is 2.24. The molecule has 2 N–H and O–H groups in total. The SMILES string of the molecule is N#Cc1cc(NCC(O)CCl)ccc1OCC(F)(F)F. The molecule has 0 bridgehead atoms. The molecule has 4 nitrogen and oxygen atoms in total. The average molecular weight is 309 g/mol. The molecule has 1 aromatic carbocycles. The third-order valence-corrected chi connectivity index (χ3v) is 2.57. The first-order valence-corrected chi connectivity index (χ1v) is 6.10. The first kappa shape index (κ1) is 16.4. The van der Waals surface area contributed by atoms with E-state index in [1.807, 2.05) is 0 Å². The molecule has 1 atom stereocenters. The smallest absolute Gasteiger partial charge is 0.422 e. The summed E-state index contributed by atoms with van der Waals surface area (Å²) in [6.07, 6.45) is -5.22. The van der Waals surface area contributed by atoms with E-state index >= 15 is 0 Å². The minimum Gasteiger partial charge on any atom is -0.483 e. The topological polar surface area (TPSA) is 65.3 Å². The Morgan fingerprint density at radius 3 is 2.70 bits per heavy atom. The normalized spacial score (nSPS) is 12.6. The average Bonchev–Trinajstić information content (AvgIpc) is 2.41. The third-order valence-electron chi connectivity index (χ3n) is 2.21. The predicted molar refractivity (Wildman–Crippen MR) is 67.9 cm³/mol. The van der Waals surface area contributed by atoms with Crippen LogP contribution in [0.1, 0.15) is 5.56 Å². The van der Waals surface area contributed by atoms with Crippen LogP contribution in [0.5, 0.6) is 5.75 Å². The number of nitriles is 1. The third kappa shape index (κ3) is 5.55. The number of rotatable bonds is 6. The van der Waals surface area contributed by atoms with Gasteiger partial charge in [0, 0.05) is 12.2 Å². The number of alkyl halides is 4. The molecule has 0 spiro atoms. The lowest BCUT2D eigenvalue weighted by Crippen LogP contribution is -2.21. The summed E-state index contributed by atoms with van der Waals surface area (Å²) in [5.41, 5.74) is 0.449. The van der Waals surface area contributed by atoms with E-state index in [9.17, 15) is 18.3 Å². The number of anilines is 1. The summed E-state index contributed by atoms with van der Waals surface area (Å²) < 4.78 is 40.7. The van der Waals surface area contributed by atoms with Gasteiger partial charge in [-0.3, -0.25) is 0 Å². The lowest BCUT2D eigenvalue weighted by Gasteiger charge is -2.13. The highest BCUT2D eigenvalue weighted by Gasteiger charge is 2.28. The first-order chi connectivity index (χ1) is 9.35. The van der Waals surface area contributed by atoms with Gasteiger partial charge in [0.25, 0.3) is 0 Å². The summed E-state index contributed by atoms with van der Waals surface area (Å²) in [5, 5.41) is 21.0. The van der Waals surface area contributed by atoms with Crippen molar-refractivity contribution in [3.8, 4) is 11.8 Å². The van der Waals surface area contributed by atoms with Crippen LogP contribution in [0.4, 0.5) is 18.9 Å². The number of halogens is 4. The van der Waals surface area contributed by atoms with Crippen LogP contribution in [0.15, 0.2) is 18.2 Å². The molecule has 1 unspecified atom stereocenters. The maximum absolute atomic E-state index is 12.0. The van der Waals surface area contributed by atoms with Crippen molar-refractivity contribution in [3.05, 3.63) is 23.8 Å². The van der Waals surface area contributed by atoms with E-state index in [1.165, 1.54) is 18.2 Å². The molecular weight excluding hydrogens is 297 g/mol. The van der Waals surface area contributed by atoms with Gasteiger partial charge in [0.15, 0.2) is 6.61 Å². The standard InChI is InChI=1S/C12H12ClF3N2O2/c13-4-10(19)6-18-9-1-2-11(8(3-9)5-17)20-7-12(14,15)16/h1-3,10,18-19H,4,6-7H2. The minimum absolute atomic E-state index is 0.0281. The van der Waals surface area contributed by atoms with Crippen molar-refractivity contribution in [2.75, 3.05) is 24.3 Å². The Kier molecular flexibility index (Phi) is 5.92. The maximum atomic E-state index is 12.0. The van der Waals surface area contributed by atoms with Crippen LogP contribution < -0.4 is 10.1 Å². The second-order valence-electron chi connectivity index (χ2n) is 3.92. The quantitative estimate of drug-likeness (QED) is 0.793. The highest BCUT2D eigenvalue weighted by atomic mass is 35.5. The van der Waals surface area contributed by atoms with Crippen LogP contribution in [0.3, 0.4) is 0 Å². The predicted octanol–water partition coefficient (Wildman–Crippen LogP) is 2.51. The second-order valence-corrected chi connectivity index (χ2v) is 4.22. The van der Waals surface area contributed by atoms with Gasteiger partial charge in [-0.05, 0) is 18.2 Å². The van der Waals surface area contributed by atoms with E-state index in [0.717, 1.165) is 0 Å². The van der Waals surface area contributed by atoms with Gasteiger partial charge >= 0.3 is 6.18 Å². The molecule has 0 fully saturated rings. The van der Waals surface area contributed by atoms with Crippen molar-refractivity contribution in [1.82, 2.24) is 0 Å². The van der Waals surface area contributed by atoms with Crippen molar-refractivity contribution in [3.63, 3.8) is 0 Å². The summed E-state index contributed by atoms with van der Waals surface area (Å²) >= 11 is 5.42. The van der Waals surface area contributed by atoms with E-state index in [2.05, 4.69) is 10.1 Å². The fourth-order valence-corrected chi connectivity index (χ4v) is 1.41. The lowest BCUT2D eigenvalue weighted by atomic mass is 10.2. The van der Waals surface area contributed by atoms with Gasteiger partial charge in [-0.15, -0.1) is 11.6 Å². The number of aliphatic hydroxyl groups is 1. The Hall–Kier alpha value is -1.65. The Morgan fingerprint density at radius 1 is 1.45 bits per heavy atom. The van der Waals surface area contributed by atoms with Crippen molar-refractivity contribution < 1.29 is 23.0 Å². The molecule has 0 aliphatic carbocycles. The van der Waals surface area contributed by atoms with Gasteiger partial charge in [0.2, 0.25) is 0 Å². The van der Waals surface area contributed by atoms with Gasteiger partial charge in [0.05, 0.1) is 17.5 Å². The van der Waals surface area contributed by atoms with Gasteiger partial charge in [0.1, 0.15) is 11.8 Å². The monoisotopic (exact) mass is 308 g/mol. The molecule has 1 aromatic rings. The van der Waals surface area contributed by atoms with Crippen LogP contribution in [0.25, 0.3) is 0 Å². The second kappa shape index (κ2) is 7.22. The van der Waals surface area contributed by atoms with Crippen LogP contribution in [-0.2, 0) is 0 Å². The minimum atomic E-state index is -4.46. The van der Waals surface area contributed by atoms with Crippen LogP contribution in [-0.4, -0.2) is 36.4 Å². The molecule has 0 amide bonds. The highest BCUT2D eigenvalue weighted by molar-refractivity contribution is 6.18. The number of benzene rings is 1. The van der Waals surface area contributed by atoms with E-state index in [-0.39, 0.29) is 23.7 Å². The zero-order chi connectivity index (χ0) is 15.2. The molecule has 0 aromatic heterocycles. The largest absolute Gasteiger partial charge is 0.483 e. The summed E-state index contributed by atoms with van der Waals surface area (Å²) in [7, 11) is 0. The molecule has 0 aliphatic heterocycles. The van der Waals surface area contributed by atoms with Gasteiger partial charge < -0.3 is 15.2 Å². The number of nitrogens with zero attached hydrogens (tertiary/aromatic N) is 1. The summed E-state index contributed by atoms with van der Waals surface area (Å²) in [5.74, 6) is -0.0986. The molecule has 0 saturated carbocycles. The Balaban J connectivity index is 2.73. The molecule has 20 heavy (non-hydrogen) atoms. The molecular formula is C12H12ClF3N2O2. The van der Waals surface area contributed by atoms with E-state index in [0.29, 0.717) is 5.69 Å². The maximum Gasteiger partial charge on any atom is 0.422 e. The zero-order valence-electron chi connectivity index (χ0n) is 10.2. The zero-order valence-corrected chi connectivity index (χ0v) is 11.0. The molecule has 110 valence electrons. The van der Waals surface area contributed by atoms with E-state index in [4.69, 9.17) is 16.9 Å². The Morgan fingerprint density at radius 2 is 2.15 bits per heavy atom.